The van der Waals surface area contributed by atoms with Gasteiger partial charge in [-0.25, -0.2) is 9.37 Å². The minimum Gasteiger partial charge on any atom is -0.493 e. The van der Waals surface area contributed by atoms with Crippen LogP contribution in [0.15, 0.2) is 48.8 Å². The molecular weight excluding hydrogens is 445 g/mol. The van der Waals surface area contributed by atoms with Gasteiger partial charge in [0.1, 0.15) is 17.0 Å². The first-order valence-electron chi connectivity index (χ1n) is 10.7. The normalized spacial score (nSPS) is 15.7. The summed E-state index contributed by atoms with van der Waals surface area (Å²) < 4.78 is 26.7. The fourth-order valence-corrected chi connectivity index (χ4v) is 5.63. The van der Waals surface area contributed by atoms with Crippen LogP contribution in [0.2, 0.25) is 0 Å². The quantitative estimate of drug-likeness (QED) is 0.450. The van der Waals surface area contributed by atoms with E-state index in [4.69, 9.17) is 9.47 Å². The van der Waals surface area contributed by atoms with Crippen LogP contribution in [0, 0.1) is 5.82 Å². The molecule has 0 aliphatic carbocycles. The van der Waals surface area contributed by atoms with Crippen LogP contribution in [0.4, 0.5) is 10.1 Å². The van der Waals surface area contributed by atoms with Gasteiger partial charge in [0, 0.05) is 5.56 Å². The van der Waals surface area contributed by atoms with E-state index in [1.165, 1.54) is 33.1 Å². The van der Waals surface area contributed by atoms with Crippen LogP contribution in [0.3, 0.4) is 0 Å². The second kappa shape index (κ2) is 8.87. The highest BCUT2D eigenvalue weighted by Crippen LogP contribution is 2.37. The van der Waals surface area contributed by atoms with Gasteiger partial charge >= 0.3 is 0 Å². The van der Waals surface area contributed by atoms with Gasteiger partial charge in [-0.05, 0) is 30.3 Å². The van der Waals surface area contributed by atoms with Crippen molar-refractivity contribution in [2.75, 3.05) is 45.3 Å². The summed E-state index contributed by atoms with van der Waals surface area (Å²) in [6.45, 7) is 2.92. The molecule has 0 spiro atoms. The average Bonchev–Trinajstić information content (AvgIpc) is 3.43. The van der Waals surface area contributed by atoms with Gasteiger partial charge in [0.15, 0.2) is 17.5 Å². The fourth-order valence-electron chi connectivity index (χ4n) is 4.52. The standard InChI is InChI=1S/C23H24FN5O3S/c1-31-18-8-7-15(13-19(18)32-2)20(21-22(30)29-23(33-21)25-14-26-29)28-11-9-27(10-12-28)17-6-4-3-5-16(17)24/h3-8,13-14,20,30H,9-12H2,1-2H3/p+1/t20-/m0/s1. The van der Waals surface area contributed by atoms with Crippen molar-refractivity contribution in [1.82, 2.24) is 14.6 Å². The van der Waals surface area contributed by atoms with Crippen LogP contribution in [0.5, 0.6) is 17.4 Å². The number of nitrogens with one attached hydrogen (secondary N) is 1. The summed E-state index contributed by atoms with van der Waals surface area (Å²) in [4.78, 5) is 9.01. The van der Waals surface area contributed by atoms with Gasteiger partial charge in [0.05, 0.1) is 46.1 Å². The summed E-state index contributed by atoms with van der Waals surface area (Å²) in [5.41, 5.74) is 1.61. The molecule has 4 aromatic rings. The minimum atomic E-state index is -0.208. The van der Waals surface area contributed by atoms with Crippen LogP contribution < -0.4 is 19.3 Å². The lowest BCUT2D eigenvalue weighted by molar-refractivity contribution is -0.925. The van der Waals surface area contributed by atoms with Crippen molar-refractivity contribution in [3.05, 3.63) is 65.0 Å². The number of rotatable bonds is 6. The van der Waals surface area contributed by atoms with Crippen LogP contribution in [0.1, 0.15) is 16.5 Å². The van der Waals surface area contributed by atoms with Gasteiger partial charge in [-0.1, -0.05) is 23.5 Å². The van der Waals surface area contributed by atoms with E-state index in [0.29, 0.717) is 35.2 Å². The Morgan fingerprint density at radius 3 is 2.55 bits per heavy atom. The zero-order chi connectivity index (χ0) is 22.9. The lowest BCUT2D eigenvalue weighted by Gasteiger charge is -2.37. The molecule has 1 aliphatic heterocycles. The Kier molecular flexibility index (Phi) is 5.77. The zero-order valence-corrected chi connectivity index (χ0v) is 19.2. The molecule has 0 amide bonds. The van der Waals surface area contributed by atoms with Crippen molar-refractivity contribution in [2.45, 2.75) is 6.04 Å². The monoisotopic (exact) mass is 470 g/mol. The Hall–Kier alpha value is -3.37. The zero-order valence-electron chi connectivity index (χ0n) is 18.4. The maximum Gasteiger partial charge on any atom is 0.235 e. The first-order chi connectivity index (χ1) is 16.1. The highest BCUT2D eigenvalue weighted by molar-refractivity contribution is 7.17. The minimum absolute atomic E-state index is 0.0938. The van der Waals surface area contributed by atoms with E-state index in [0.717, 1.165) is 23.5 Å². The molecule has 2 N–H and O–H groups in total. The summed E-state index contributed by atoms with van der Waals surface area (Å²) in [6.07, 6.45) is 1.43. The number of aromatic nitrogens is 3. The number of aromatic hydroxyl groups is 1. The summed E-state index contributed by atoms with van der Waals surface area (Å²) in [6, 6.07) is 12.5. The molecule has 0 bridgehead atoms. The number of methoxy groups -OCH3 is 2. The maximum absolute atomic E-state index is 14.3. The first kappa shape index (κ1) is 21.5. The average molecular weight is 471 g/mol. The molecule has 0 unspecified atom stereocenters. The van der Waals surface area contributed by atoms with Gasteiger partial charge < -0.3 is 24.4 Å². The molecule has 5 rings (SSSR count). The van der Waals surface area contributed by atoms with Crippen molar-refractivity contribution >= 4 is 22.0 Å². The van der Waals surface area contributed by atoms with E-state index in [9.17, 15) is 9.50 Å². The molecule has 10 heteroatoms. The Balaban J connectivity index is 1.50. The Bertz CT molecular complexity index is 1270. The van der Waals surface area contributed by atoms with E-state index in [-0.39, 0.29) is 17.7 Å². The molecule has 1 fully saturated rings. The predicted molar refractivity (Wildman–Crippen MR) is 123 cm³/mol. The third-order valence-electron chi connectivity index (χ3n) is 6.15. The lowest BCUT2D eigenvalue weighted by Crippen LogP contribution is -3.15. The van der Waals surface area contributed by atoms with E-state index in [1.54, 1.807) is 20.3 Å². The summed E-state index contributed by atoms with van der Waals surface area (Å²) in [5.74, 6) is 1.16. The molecule has 8 nitrogen and oxygen atoms in total. The highest BCUT2D eigenvalue weighted by Gasteiger charge is 2.35. The number of nitrogens with zero attached hydrogens (tertiary/aromatic N) is 4. The molecule has 33 heavy (non-hydrogen) atoms. The number of halogens is 1. The molecule has 0 saturated carbocycles. The summed E-state index contributed by atoms with van der Waals surface area (Å²) in [7, 11) is 3.21. The van der Waals surface area contributed by atoms with Crippen molar-refractivity contribution in [2.24, 2.45) is 0 Å². The van der Waals surface area contributed by atoms with E-state index in [1.807, 2.05) is 30.3 Å². The van der Waals surface area contributed by atoms with Crippen LogP contribution in [-0.4, -0.2) is 60.1 Å². The third-order valence-corrected chi connectivity index (χ3v) is 7.25. The van der Waals surface area contributed by atoms with Crippen molar-refractivity contribution in [3.63, 3.8) is 0 Å². The summed E-state index contributed by atoms with van der Waals surface area (Å²) >= 11 is 1.42. The number of ether oxygens (including phenoxy) is 2. The number of hydrogen-bond donors (Lipinski definition) is 2. The van der Waals surface area contributed by atoms with Gasteiger partial charge in [0.2, 0.25) is 10.8 Å². The smallest absolute Gasteiger partial charge is 0.235 e. The molecule has 0 radical (unpaired) electrons. The summed E-state index contributed by atoms with van der Waals surface area (Å²) in [5, 5.41) is 15.1. The molecular formula is C23H25FN5O3S+. The molecule has 3 heterocycles. The van der Waals surface area contributed by atoms with Gasteiger partial charge in [0.25, 0.3) is 0 Å². The van der Waals surface area contributed by atoms with E-state index >= 15 is 0 Å². The molecule has 2 aromatic heterocycles. The third kappa shape index (κ3) is 3.85. The van der Waals surface area contributed by atoms with Gasteiger partial charge in [-0.2, -0.15) is 9.61 Å². The van der Waals surface area contributed by atoms with Crippen molar-refractivity contribution in [1.29, 1.82) is 0 Å². The number of fused-ring (bicyclic) bond motifs is 1. The molecule has 172 valence electrons. The molecule has 2 aromatic carbocycles. The number of piperazine rings is 1. The number of anilines is 1. The number of thiazole rings is 1. The number of para-hydroxylation sites is 1. The maximum atomic E-state index is 14.3. The number of quaternary nitrogens is 1. The Morgan fingerprint density at radius 2 is 1.85 bits per heavy atom. The lowest BCUT2D eigenvalue weighted by atomic mass is 10.0. The van der Waals surface area contributed by atoms with Crippen LogP contribution >= 0.6 is 11.3 Å². The van der Waals surface area contributed by atoms with Gasteiger partial charge in [-0.15, -0.1) is 0 Å². The topological polar surface area (TPSA) is 76.6 Å². The fraction of sp³-hybridized carbons (Fsp3) is 0.304. The largest absolute Gasteiger partial charge is 0.493 e. The van der Waals surface area contributed by atoms with E-state index < -0.39 is 0 Å². The Labute approximate surface area is 194 Å². The molecule has 1 saturated heterocycles. The number of hydrogen-bond acceptors (Lipinski definition) is 7. The molecule has 1 aliphatic rings. The Morgan fingerprint density at radius 1 is 1.09 bits per heavy atom. The van der Waals surface area contributed by atoms with Crippen LogP contribution in [-0.2, 0) is 0 Å². The first-order valence-corrected chi connectivity index (χ1v) is 11.5. The van der Waals surface area contributed by atoms with E-state index in [2.05, 4.69) is 15.0 Å². The van der Waals surface area contributed by atoms with Gasteiger partial charge in [-0.3, -0.25) is 0 Å². The SMILES string of the molecule is COc1ccc([C@@H](c2sc3ncnn3c2O)[NH+]2CCN(c3ccccc3F)CC2)cc1OC. The van der Waals surface area contributed by atoms with Crippen LogP contribution in [0.25, 0.3) is 4.96 Å². The number of benzene rings is 2. The predicted octanol–water partition coefficient (Wildman–Crippen LogP) is 2.15. The molecule has 1 atom stereocenters. The van der Waals surface area contributed by atoms with Crippen molar-refractivity contribution in [3.8, 4) is 17.4 Å². The highest BCUT2D eigenvalue weighted by atomic mass is 32.1. The second-order valence-corrected chi connectivity index (χ2v) is 8.90. The van der Waals surface area contributed by atoms with Crippen molar-refractivity contribution < 1.29 is 23.9 Å². The second-order valence-electron chi connectivity index (χ2n) is 7.89.